The number of nitrogens with two attached hydrogens (primary N) is 1. The molecule has 0 saturated carbocycles. The van der Waals surface area contributed by atoms with Crippen molar-refractivity contribution in [2.75, 3.05) is 45.2 Å². The molecule has 6 N–H and O–H groups in total. The van der Waals surface area contributed by atoms with Crippen LogP contribution in [0.1, 0.15) is 46.5 Å². The zero-order valence-corrected chi connectivity index (χ0v) is 36.2. The zero-order valence-electron chi connectivity index (χ0n) is 28.5. The van der Waals surface area contributed by atoms with E-state index in [1.165, 1.54) is 0 Å². The predicted molar refractivity (Wildman–Crippen MR) is 210 cm³/mol. The van der Waals surface area contributed by atoms with Crippen LogP contribution in [-0.2, 0) is 38.3 Å². The molecular formula is C34H43IN6O7PbS2. The van der Waals surface area contributed by atoms with Gasteiger partial charge in [-0.25, -0.2) is 4.21 Å². The number of likely N-dealkylation sites (tertiary alicyclic amines) is 1. The SMILES string of the molecule is COC.NC(=NCCC[C@H](NC(=O)c1sccc1NS(=O)c1cc(-c2cccc(CN3CCC(C=O)CC3)c2)cc2c1OCC2)C(=O)O)[NH][Pb][I]. The van der Waals surface area contributed by atoms with E-state index in [2.05, 4.69) is 63.8 Å². The molecule has 1 unspecified atom stereocenters. The van der Waals surface area contributed by atoms with E-state index in [4.69, 9.17) is 10.5 Å². The van der Waals surface area contributed by atoms with Gasteiger partial charge in [0, 0.05) is 33.1 Å². The van der Waals surface area contributed by atoms with Crippen LogP contribution in [0.15, 0.2) is 57.7 Å². The quantitative estimate of drug-likeness (QED) is 0.0373. The van der Waals surface area contributed by atoms with Crippen LogP contribution in [0.25, 0.3) is 11.1 Å². The number of hydrogen-bond donors (Lipinski definition) is 5. The maximum atomic E-state index is 13.9. The number of carboxylic acid groups (broad SMARTS) is 1. The van der Waals surface area contributed by atoms with Gasteiger partial charge < -0.3 is 14.3 Å². The number of anilines is 1. The second-order valence-electron chi connectivity index (χ2n) is 11.9. The monoisotopic (exact) mass is 1050 g/mol. The second kappa shape index (κ2) is 21.1. The standard InChI is InChI=1S/C32H38N6O6S2.C2H6O.HI.Pb/c33-32(34)35-10-2-5-26(31(41)42)36-30(40)29-25(9-14-45-29)37-46(43)27-17-24(16-23-8-13-44-28(23)27)22-4-1-3-21(15-22)18-38-11-6-20(19-39)7-12-38;1-3-2;;/h1,3-4,9,14-17,19-20,26H,2,5-8,10-13,18H2,(H7,33,34,35,36,37,40,41,42);1-2H3;1H;/q;;;+2/p-2/t26-,46?;;;/m0.../s1. The van der Waals surface area contributed by atoms with Crippen LogP contribution in [0.5, 0.6) is 5.75 Å². The molecule has 3 heterocycles. The molecule has 1 fully saturated rings. The Bertz CT molecular complexity index is 1700. The van der Waals surface area contributed by atoms with E-state index < -0.39 is 49.1 Å². The van der Waals surface area contributed by atoms with E-state index in [-0.39, 0.29) is 17.2 Å². The fourth-order valence-corrected chi connectivity index (χ4v) is 10.7. The number of methoxy groups -OCH3 is 1. The van der Waals surface area contributed by atoms with E-state index in [1.807, 2.05) is 18.2 Å². The number of ether oxygens (including phenoxy) is 2. The topological polar surface area (TPSA) is 185 Å². The number of amides is 1. The second-order valence-corrected chi connectivity index (χ2v) is 20.5. The fraction of sp³-hybridized carbons (Fsp3) is 0.412. The Hall–Kier alpha value is -2.66. The van der Waals surface area contributed by atoms with Crippen molar-refractivity contribution in [2.45, 2.75) is 49.6 Å². The number of carboxylic acids is 1. The molecule has 0 bridgehead atoms. The van der Waals surface area contributed by atoms with Crippen molar-refractivity contribution in [1.82, 2.24) is 13.3 Å². The average molecular weight is 1050 g/mol. The number of halogens is 1. The molecule has 5 rings (SSSR count). The van der Waals surface area contributed by atoms with Crippen LogP contribution >= 0.6 is 29.1 Å². The Morgan fingerprint density at radius 2 is 2.00 bits per heavy atom. The Balaban J connectivity index is 0.00000188. The molecule has 1 aromatic heterocycles. The number of hydrogen-bond acceptors (Lipinski definition) is 9. The van der Waals surface area contributed by atoms with Crippen molar-refractivity contribution in [3.63, 3.8) is 0 Å². The number of piperidine rings is 1. The van der Waals surface area contributed by atoms with Gasteiger partial charge in [-0.05, 0) is 66.4 Å². The number of guanidine groups is 1. The van der Waals surface area contributed by atoms with Crippen molar-refractivity contribution in [3.8, 4) is 16.9 Å². The fourth-order valence-electron chi connectivity index (χ4n) is 5.72. The predicted octanol–water partition coefficient (Wildman–Crippen LogP) is 3.99. The van der Waals surface area contributed by atoms with Gasteiger partial charge in [0.2, 0.25) is 0 Å². The molecule has 1 amide bonds. The molecule has 2 radical (unpaired) electrons. The summed E-state index contributed by atoms with van der Waals surface area (Å²) >= 11 is 2.46. The number of nitrogens with one attached hydrogen (secondary N) is 3. The molecule has 274 valence electrons. The molecule has 2 aromatic carbocycles. The molecule has 3 aromatic rings. The molecule has 2 aliphatic heterocycles. The number of carbonyl (C=O) groups is 3. The minimum absolute atomic E-state index is 0.154. The van der Waals surface area contributed by atoms with Crippen LogP contribution in [0.2, 0.25) is 0 Å². The van der Waals surface area contributed by atoms with Gasteiger partial charge in [-0.3, -0.25) is 4.90 Å². The van der Waals surface area contributed by atoms with Crippen LogP contribution in [0.3, 0.4) is 0 Å². The van der Waals surface area contributed by atoms with Crippen molar-refractivity contribution in [2.24, 2.45) is 16.6 Å². The van der Waals surface area contributed by atoms with Crippen molar-refractivity contribution < 1.29 is 33.2 Å². The summed E-state index contributed by atoms with van der Waals surface area (Å²) in [5.74, 6) is -0.620. The Kier molecular flexibility index (Phi) is 17.0. The Morgan fingerprint density at radius 3 is 2.71 bits per heavy atom. The van der Waals surface area contributed by atoms with Crippen LogP contribution in [0.4, 0.5) is 5.69 Å². The number of fused-ring (bicyclic) bond motifs is 1. The summed E-state index contributed by atoms with van der Waals surface area (Å²) in [5, 5.41) is 14.0. The number of rotatable bonds is 15. The number of aliphatic carboxylic acids is 1. The van der Waals surface area contributed by atoms with Crippen LogP contribution in [0, 0.1) is 5.92 Å². The number of benzene rings is 2. The van der Waals surface area contributed by atoms with E-state index in [1.54, 1.807) is 25.7 Å². The molecule has 1 saturated heterocycles. The van der Waals surface area contributed by atoms with E-state index in [0.717, 1.165) is 72.4 Å². The minimum atomic E-state index is -1.79. The third-order valence-electron chi connectivity index (χ3n) is 8.23. The van der Waals surface area contributed by atoms with Crippen molar-refractivity contribution >= 4 is 90.1 Å². The molecule has 0 spiro atoms. The number of thiophene rings is 1. The van der Waals surface area contributed by atoms with Crippen molar-refractivity contribution in [3.05, 3.63) is 63.8 Å². The van der Waals surface area contributed by atoms with E-state index in [9.17, 15) is 23.7 Å². The first-order chi connectivity index (χ1) is 24.7. The summed E-state index contributed by atoms with van der Waals surface area (Å²) in [6, 6.07) is 12.8. The summed E-state index contributed by atoms with van der Waals surface area (Å²) in [6.45, 7) is 3.40. The molecule has 0 aliphatic carbocycles. The molecule has 51 heavy (non-hydrogen) atoms. The summed E-state index contributed by atoms with van der Waals surface area (Å²) in [6.07, 6.45) is 4.14. The molecule has 2 aliphatic rings. The average Bonchev–Trinajstić information content (AvgIpc) is 3.80. The van der Waals surface area contributed by atoms with Crippen molar-refractivity contribution in [1.29, 1.82) is 0 Å². The van der Waals surface area contributed by atoms with E-state index >= 15 is 0 Å². The zero-order chi connectivity index (χ0) is 36.8. The Labute approximate surface area is 326 Å². The number of nitrogens with zero attached hydrogens (tertiary/aromatic N) is 2. The molecule has 2 atom stereocenters. The molecular weight excluding hydrogens is 1000 g/mol. The summed E-state index contributed by atoms with van der Waals surface area (Å²) in [5.41, 5.74) is 10.1. The molecule has 17 heteroatoms. The Morgan fingerprint density at radius 1 is 1.24 bits per heavy atom. The molecule has 13 nitrogen and oxygen atoms in total. The van der Waals surface area contributed by atoms with Gasteiger partial charge in [-0.15, -0.1) is 0 Å². The van der Waals surface area contributed by atoms with E-state index in [0.29, 0.717) is 48.3 Å². The number of carbonyl (C=O) groups excluding carboxylic acids is 2. The van der Waals surface area contributed by atoms with Gasteiger partial charge in [0.1, 0.15) is 16.9 Å². The van der Waals surface area contributed by atoms with Gasteiger partial charge in [0.05, 0.1) is 6.61 Å². The van der Waals surface area contributed by atoms with Gasteiger partial charge >= 0.3 is 153 Å². The normalized spacial score (nSPS) is 15.8. The van der Waals surface area contributed by atoms with Gasteiger partial charge in [0.25, 0.3) is 0 Å². The summed E-state index contributed by atoms with van der Waals surface area (Å²) in [7, 11) is 1.46. The number of aldehydes is 1. The first kappa shape index (κ1) is 41.1. The van der Waals surface area contributed by atoms with Gasteiger partial charge in [-0.1, -0.05) is 18.2 Å². The summed E-state index contributed by atoms with van der Waals surface area (Å²) in [4.78, 5) is 43.5. The first-order valence-electron chi connectivity index (χ1n) is 16.3. The number of aliphatic imine (C=N–C) groups is 1. The van der Waals surface area contributed by atoms with Crippen LogP contribution in [-0.4, -0.2) is 105 Å². The van der Waals surface area contributed by atoms with Gasteiger partial charge in [0.15, 0.2) is 11.0 Å². The third kappa shape index (κ3) is 12.2. The third-order valence-corrected chi connectivity index (χ3v) is 14.0. The van der Waals surface area contributed by atoms with Gasteiger partial charge in [-0.2, -0.15) is 0 Å². The van der Waals surface area contributed by atoms with Crippen LogP contribution < -0.4 is 23.6 Å². The first-order valence-corrected chi connectivity index (χ1v) is 31.3. The summed E-state index contributed by atoms with van der Waals surface area (Å²) < 4.78 is 30.1. The maximum absolute atomic E-state index is 13.9.